The largest absolute Gasteiger partial charge is 0.321 e. The van der Waals surface area contributed by atoms with Gasteiger partial charge in [-0.15, -0.1) is 11.3 Å². The van der Waals surface area contributed by atoms with E-state index in [1.165, 1.54) is 9.75 Å². The zero-order valence-corrected chi connectivity index (χ0v) is 13.4. The van der Waals surface area contributed by atoms with Gasteiger partial charge in [0.2, 0.25) is 5.91 Å². The number of thiophene rings is 1. The summed E-state index contributed by atoms with van der Waals surface area (Å²) >= 11 is 3.62. The van der Waals surface area contributed by atoms with Crippen LogP contribution in [0.2, 0.25) is 0 Å². The fourth-order valence-electron chi connectivity index (χ4n) is 2.43. The van der Waals surface area contributed by atoms with Gasteiger partial charge in [0, 0.05) is 16.3 Å². The summed E-state index contributed by atoms with van der Waals surface area (Å²) in [6, 6.07) is 4.26. The van der Waals surface area contributed by atoms with Gasteiger partial charge < -0.3 is 4.90 Å². The lowest BCUT2D eigenvalue weighted by Crippen LogP contribution is -2.31. The number of nitrogens with zero attached hydrogens (tertiary/aromatic N) is 1. The number of rotatable bonds is 6. The first-order valence-electron chi connectivity index (χ1n) is 6.79. The van der Waals surface area contributed by atoms with Crippen molar-refractivity contribution in [2.75, 3.05) is 18.6 Å². The number of carbonyl (C=O) groups excluding carboxylic acids is 1. The maximum atomic E-state index is 12.4. The molecule has 0 bridgehead atoms. The van der Waals surface area contributed by atoms with Crippen molar-refractivity contribution in [2.24, 2.45) is 0 Å². The molecule has 1 amide bonds. The molecular weight excluding hydrogens is 276 g/mol. The monoisotopic (exact) mass is 298 g/mol. The van der Waals surface area contributed by atoms with Crippen molar-refractivity contribution in [3.05, 3.63) is 21.9 Å². The molecule has 0 radical (unpaired) electrons. The molecule has 1 aromatic heterocycles. The smallest absolute Gasteiger partial charge is 0.241 e. The Balaban J connectivity index is 2.12. The molecular formula is C14H22N2OS2. The summed E-state index contributed by atoms with van der Waals surface area (Å²) in [7, 11) is 0. The topological polar surface area (TPSA) is 32.3 Å². The van der Waals surface area contributed by atoms with Crippen LogP contribution in [0.4, 0.5) is 0 Å². The molecule has 0 aliphatic carbocycles. The molecule has 1 aliphatic heterocycles. The highest BCUT2D eigenvalue weighted by Crippen LogP contribution is 2.31. The first-order valence-corrected chi connectivity index (χ1v) is 9.00. The SMILES string of the molecule is CCC1NC(c2ccc(C)s2)N(CCCSC)C1=O. The average molecular weight is 298 g/mol. The summed E-state index contributed by atoms with van der Waals surface area (Å²) in [4.78, 5) is 17.0. The van der Waals surface area contributed by atoms with Gasteiger partial charge in [0.15, 0.2) is 0 Å². The molecule has 2 unspecified atom stereocenters. The maximum Gasteiger partial charge on any atom is 0.241 e. The molecule has 0 aromatic carbocycles. The van der Waals surface area contributed by atoms with E-state index in [1.807, 2.05) is 16.7 Å². The predicted octanol–water partition coefficient (Wildman–Crippen LogP) is 3.02. The zero-order valence-electron chi connectivity index (χ0n) is 11.8. The third-order valence-corrected chi connectivity index (χ3v) is 5.19. The lowest BCUT2D eigenvalue weighted by Gasteiger charge is -2.23. The lowest BCUT2D eigenvalue weighted by molar-refractivity contribution is -0.130. The summed E-state index contributed by atoms with van der Waals surface area (Å²) in [5.74, 6) is 1.37. The lowest BCUT2D eigenvalue weighted by atomic mass is 10.2. The maximum absolute atomic E-state index is 12.4. The Morgan fingerprint density at radius 2 is 2.26 bits per heavy atom. The van der Waals surface area contributed by atoms with Crippen LogP contribution in [0.3, 0.4) is 0 Å². The van der Waals surface area contributed by atoms with Crippen LogP contribution >= 0.6 is 23.1 Å². The number of thioether (sulfide) groups is 1. The summed E-state index contributed by atoms with van der Waals surface area (Å²) in [6.07, 6.45) is 4.11. The normalized spacial score (nSPS) is 23.3. The van der Waals surface area contributed by atoms with Crippen molar-refractivity contribution in [1.29, 1.82) is 0 Å². The van der Waals surface area contributed by atoms with Crippen molar-refractivity contribution in [3.63, 3.8) is 0 Å². The minimum absolute atomic E-state index is 0.0123. The minimum Gasteiger partial charge on any atom is -0.321 e. The molecule has 1 aliphatic rings. The predicted molar refractivity (Wildman–Crippen MR) is 83.7 cm³/mol. The van der Waals surface area contributed by atoms with E-state index >= 15 is 0 Å². The summed E-state index contributed by atoms with van der Waals surface area (Å²) in [5, 5.41) is 3.48. The average Bonchev–Trinajstić information content (AvgIpc) is 2.95. The Hall–Kier alpha value is -0.520. The van der Waals surface area contributed by atoms with Crippen molar-refractivity contribution in [3.8, 4) is 0 Å². The highest BCUT2D eigenvalue weighted by Gasteiger charge is 2.38. The Morgan fingerprint density at radius 1 is 1.47 bits per heavy atom. The van der Waals surface area contributed by atoms with E-state index in [9.17, 15) is 4.79 Å². The molecule has 2 heterocycles. The Labute approximate surface area is 123 Å². The second-order valence-corrected chi connectivity index (χ2v) is 7.16. The number of hydrogen-bond donors (Lipinski definition) is 1. The second kappa shape index (κ2) is 6.77. The van der Waals surface area contributed by atoms with Gasteiger partial charge in [0.25, 0.3) is 0 Å². The van der Waals surface area contributed by atoms with E-state index in [-0.39, 0.29) is 18.1 Å². The quantitative estimate of drug-likeness (QED) is 0.819. The van der Waals surface area contributed by atoms with Crippen LogP contribution in [-0.2, 0) is 4.79 Å². The van der Waals surface area contributed by atoms with Gasteiger partial charge in [-0.3, -0.25) is 10.1 Å². The highest BCUT2D eigenvalue weighted by molar-refractivity contribution is 7.98. The number of carbonyl (C=O) groups is 1. The van der Waals surface area contributed by atoms with E-state index in [4.69, 9.17) is 0 Å². The van der Waals surface area contributed by atoms with Crippen LogP contribution in [0.15, 0.2) is 12.1 Å². The van der Waals surface area contributed by atoms with Gasteiger partial charge >= 0.3 is 0 Å². The van der Waals surface area contributed by atoms with Crippen LogP contribution in [0.25, 0.3) is 0 Å². The van der Waals surface area contributed by atoms with Crippen LogP contribution in [0.1, 0.15) is 35.7 Å². The first-order chi connectivity index (χ1) is 9.17. The van der Waals surface area contributed by atoms with Crippen LogP contribution in [0, 0.1) is 6.92 Å². The van der Waals surface area contributed by atoms with Crippen molar-refractivity contribution < 1.29 is 4.79 Å². The molecule has 1 N–H and O–H groups in total. The van der Waals surface area contributed by atoms with E-state index < -0.39 is 0 Å². The van der Waals surface area contributed by atoms with Crippen LogP contribution in [0.5, 0.6) is 0 Å². The molecule has 106 valence electrons. The third-order valence-electron chi connectivity index (χ3n) is 3.44. The van der Waals surface area contributed by atoms with Crippen LogP contribution < -0.4 is 5.32 Å². The van der Waals surface area contributed by atoms with Gasteiger partial charge in [-0.25, -0.2) is 0 Å². The Bertz CT molecular complexity index is 433. The Morgan fingerprint density at radius 3 is 2.84 bits per heavy atom. The third kappa shape index (κ3) is 3.33. The molecule has 5 heteroatoms. The summed E-state index contributed by atoms with van der Waals surface area (Å²) in [5.41, 5.74) is 0. The van der Waals surface area contributed by atoms with Gasteiger partial charge in [-0.05, 0) is 43.9 Å². The van der Waals surface area contributed by atoms with Gasteiger partial charge in [-0.1, -0.05) is 6.92 Å². The molecule has 0 spiro atoms. The fraction of sp³-hybridized carbons (Fsp3) is 0.643. The standard InChI is InChI=1S/C14H22N2OS2/c1-4-11-14(17)16(8-5-9-18-3)13(15-11)12-7-6-10(2)19-12/h6-7,11,13,15H,4-5,8-9H2,1-3H3. The number of aryl methyl sites for hydroxylation is 1. The number of nitrogens with one attached hydrogen (secondary N) is 1. The molecule has 1 saturated heterocycles. The van der Waals surface area contributed by atoms with E-state index in [1.54, 1.807) is 11.3 Å². The minimum atomic E-state index is -0.0123. The highest BCUT2D eigenvalue weighted by atomic mass is 32.2. The molecule has 19 heavy (non-hydrogen) atoms. The number of amides is 1. The summed E-state index contributed by atoms with van der Waals surface area (Å²) in [6.45, 7) is 5.03. The van der Waals surface area contributed by atoms with Crippen molar-refractivity contribution in [1.82, 2.24) is 10.2 Å². The van der Waals surface area contributed by atoms with E-state index in [2.05, 4.69) is 37.6 Å². The van der Waals surface area contributed by atoms with E-state index in [0.717, 1.165) is 25.1 Å². The molecule has 1 aromatic rings. The van der Waals surface area contributed by atoms with Gasteiger partial charge in [0.1, 0.15) is 6.17 Å². The molecule has 0 saturated carbocycles. The Kier molecular flexibility index (Phi) is 5.30. The van der Waals surface area contributed by atoms with Crippen molar-refractivity contribution >= 4 is 29.0 Å². The molecule has 2 rings (SSSR count). The first kappa shape index (κ1) is 14.9. The molecule has 1 fully saturated rings. The van der Waals surface area contributed by atoms with Crippen LogP contribution in [-0.4, -0.2) is 35.4 Å². The van der Waals surface area contributed by atoms with E-state index in [0.29, 0.717) is 0 Å². The number of hydrogen-bond acceptors (Lipinski definition) is 4. The zero-order chi connectivity index (χ0) is 13.8. The molecule has 2 atom stereocenters. The van der Waals surface area contributed by atoms with Gasteiger partial charge in [0.05, 0.1) is 6.04 Å². The molecule has 3 nitrogen and oxygen atoms in total. The van der Waals surface area contributed by atoms with Gasteiger partial charge in [-0.2, -0.15) is 11.8 Å². The van der Waals surface area contributed by atoms with Crippen molar-refractivity contribution in [2.45, 2.75) is 38.9 Å². The second-order valence-electron chi connectivity index (χ2n) is 4.86. The fourth-order valence-corrected chi connectivity index (χ4v) is 3.79. The summed E-state index contributed by atoms with van der Waals surface area (Å²) < 4.78 is 0.